The number of rotatable bonds is 19. The number of ether oxygens (including phenoxy) is 3. The Morgan fingerprint density at radius 2 is 1.64 bits per heavy atom. The number of fused-ring (bicyclic) bond motifs is 1. The monoisotopic (exact) mass is 739 g/mol. The van der Waals surface area contributed by atoms with Crippen LogP contribution in [0.3, 0.4) is 0 Å². The standard InChI is InChI=1S/C35H54ClN7O6.ClH/c1-25(2)43(11-10-40(4)31(45)23-49-20-19-48-18-17-47-16-9-37)22-29(27-5-7-28(36)8-6-27)35(46)42-14-12-41(13-15-42)34-32-26(3)21-30(44)33(32)38-24-39-34;/h5-8,24-26,29-30,44H,9-23,37H2,1-4H3;1H/t26-,29-,30-;/m1./s1. The highest BCUT2D eigenvalue weighted by Crippen LogP contribution is 2.42. The van der Waals surface area contributed by atoms with E-state index in [1.54, 1.807) is 11.9 Å². The lowest BCUT2D eigenvalue weighted by molar-refractivity contribution is -0.136. The maximum absolute atomic E-state index is 14.3. The van der Waals surface area contributed by atoms with Gasteiger partial charge in [-0.15, -0.1) is 12.4 Å². The number of anilines is 1. The zero-order chi connectivity index (χ0) is 35.3. The fourth-order valence-electron chi connectivity index (χ4n) is 6.33. The van der Waals surface area contributed by atoms with Gasteiger partial charge in [-0.1, -0.05) is 30.7 Å². The topological polar surface area (TPSA) is 147 Å². The molecule has 1 fully saturated rings. The lowest BCUT2D eigenvalue weighted by Gasteiger charge is -2.39. The summed E-state index contributed by atoms with van der Waals surface area (Å²) in [4.78, 5) is 44.0. The van der Waals surface area contributed by atoms with Crippen molar-refractivity contribution >= 4 is 41.6 Å². The van der Waals surface area contributed by atoms with Crippen LogP contribution >= 0.6 is 24.0 Å². The van der Waals surface area contributed by atoms with E-state index in [-0.39, 0.29) is 42.8 Å². The number of aromatic nitrogens is 2. The first-order valence-electron chi connectivity index (χ1n) is 17.3. The highest BCUT2D eigenvalue weighted by Gasteiger charge is 2.35. The number of hydrogen-bond donors (Lipinski definition) is 2. The maximum atomic E-state index is 14.3. The number of nitrogens with two attached hydrogens (primary N) is 1. The van der Waals surface area contributed by atoms with E-state index >= 15 is 0 Å². The molecule has 0 radical (unpaired) electrons. The molecule has 2 amide bonds. The van der Waals surface area contributed by atoms with Crippen molar-refractivity contribution < 1.29 is 28.9 Å². The average Bonchev–Trinajstić information content (AvgIpc) is 3.40. The number of amides is 2. The maximum Gasteiger partial charge on any atom is 0.248 e. The number of halogens is 2. The van der Waals surface area contributed by atoms with Crippen LogP contribution in [0, 0.1) is 0 Å². The Morgan fingerprint density at radius 1 is 1.00 bits per heavy atom. The van der Waals surface area contributed by atoms with Gasteiger partial charge in [-0.05, 0) is 43.9 Å². The molecule has 2 aromatic rings. The lowest BCUT2D eigenvalue weighted by atomic mass is 9.95. The molecule has 0 bridgehead atoms. The molecule has 2 heterocycles. The van der Waals surface area contributed by atoms with Crippen LogP contribution in [0.2, 0.25) is 5.02 Å². The number of nitrogens with zero attached hydrogens (tertiary/aromatic N) is 6. The number of carbonyl (C=O) groups excluding carboxylic acids is 2. The summed E-state index contributed by atoms with van der Waals surface area (Å²) in [6.07, 6.45) is 1.61. The number of aliphatic hydroxyl groups excluding tert-OH is 1. The minimum Gasteiger partial charge on any atom is -0.387 e. The van der Waals surface area contributed by atoms with Crippen LogP contribution in [-0.4, -0.2) is 147 Å². The van der Waals surface area contributed by atoms with Gasteiger partial charge in [0.25, 0.3) is 0 Å². The minimum absolute atomic E-state index is 0. The Bertz CT molecular complexity index is 1330. The van der Waals surface area contributed by atoms with Crippen molar-refractivity contribution in [2.24, 2.45) is 5.73 Å². The lowest BCUT2D eigenvalue weighted by Crippen LogP contribution is -2.52. The van der Waals surface area contributed by atoms with Crippen molar-refractivity contribution in [3.05, 3.63) is 52.4 Å². The highest BCUT2D eigenvalue weighted by molar-refractivity contribution is 6.30. The molecule has 3 N–H and O–H groups in total. The SMILES string of the molecule is CC(C)N(CCN(C)C(=O)COCCOCCOCCN)C[C@@H](C(=O)N1CCN(c2ncnc3c2[C@H](C)C[C@H]3O)CC1)c1ccc(Cl)cc1.Cl. The van der Waals surface area contributed by atoms with Crippen LogP contribution in [0.4, 0.5) is 5.82 Å². The van der Waals surface area contributed by atoms with Crippen molar-refractivity contribution in [1.82, 2.24) is 24.7 Å². The molecule has 13 nitrogen and oxygen atoms in total. The van der Waals surface area contributed by atoms with Crippen LogP contribution in [0.5, 0.6) is 0 Å². The molecular weight excluding hydrogens is 685 g/mol. The molecule has 50 heavy (non-hydrogen) atoms. The van der Waals surface area contributed by atoms with Gasteiger partial charge in [0.1, 0.15) is 18.8 Å². The largest absolute Gasteiger partial charge is 0.387 e. The van der Waals surface area contributed by atoms with Gasteiger partial charge < -0.3 is 39.8 Å². The van der Waals surface area contributed by atoms with E-state index in [1.165, 1.54) is 6.33 Å². The molecule has 3 atom stereocenters. The van der Waals surface area contributed by atoms with E-state index < -0.39 is 12.0 Å². The molecule has 0 unspecified atom stereocenters. The zero-order valence-corrected chi connectivity index (χ0v) is 31.4. The molecule has 2 aliphatic rings. The normalized spacial score (nSPS) is 17.9. The molecular formula is C35H55Cl2N7O6. The molecule has 1 aromatic carbocycles. The Labute approximate surface area is 307 Å². The second-order valence-electron chi connectivity index (χ2n) is 13.0. The van der Waals surface area contributed by atoms with Gasteiger partial charge in [0, 0.05) is 76.0 Å². The summed E-state index contributed by atoms with van der Waals surface area (Å²) in [5, 5.41) is 11.1. The quantitative estimate of drug-likeness (QED) is 0.205. The Kier molecular flexibility index (Phi) is 17.6. The predicted octanol–water partition coefficient (Wildman–Crippen LogP) is 2.70. The predicted molar refractivity (Wildman–Crippen MR) is 196 cm³/mol. The number of benzene rings is 1. The van der Waals surface area contributed by atoms with Crippen molar-refractivity contribution in [3.63, 3.8) is 0 Å². The smallest absolute Gasteiger partial charge is 0.248 e. The summed E-state index contributed by atoms with van der Waals surface area (Å²) < 4.78 is 16.2. The second-order valence-corrected chi connectivity index (χ2v) is 13.5. The fourth-order valence-corrected chi connectivity index (χ4v) is 6.45. The van der Waals surface area contributed by atoms with Crippen LogP contribution in [0.15, 0.2) is 30.6 Å². The fraction of sp³-hybridized carbons (Fsp3) is 0.657. The Morgan fingerprint density at radius 3 is 2.28 bits per heavy atom. The summed E-state index contributed by atoms with van der Waals surface area (Å²) in [6.45, 7) is 12.9. The van der Waals surface area contributed by atoms with Crippen LogP contribution in [-0.2, 0) is 23.8 Å². The van der Waals surface area contributed by atoms with E-state index in [1.807, 2.05) is 29.2 Å². The molecule has 280 valence electrons. The first-order chi connectivity index (χ1) is 23.6. The van der Waals surface area contributed by atoms with E-state index in [4.69, 9.17) is 31.5 Å². The first-order valence-corrected chi connectivity index (χ1v) is 17.7. The number of likely N-dealkylation sites (N-methyl/N-ethyl adjacent to an activating group) is 1. The molecule has 0 spiro atoms. The van der Waals surface area contributed by atoms with Gasteiger partial charge in [0.15, 0.2) is 0 Å². The third kappa shape index (κ3) is 11.7. The Balaban J connectivity index is 0.00000676. The van der Waals surface area contributed by atoms with Crippen LogP contribution < -0.4 is 10.6 Å². The van der Waals surface area contributed by atoms with Gasteiger partial charge in [-0.25, -0.2) is 9.97 Å². The van der Waals surface area contributed by atoms with Gasteiger partial charge >= 0.3 is 0 Å². The number of carbonyl (C=O) groups is 2. The van der Waals surface area contributed by atoms with Crippen LogP contribution in [0.1, 0.15) is 62.0 Å². The van der Waals surface area contributed by atoms with Gasteiger partial charge in [-0.2, -0.15) is 0 Å². The third-order valence-corrected chi connectivity index (χ3v) is 9.52. The van der Waals surface area contributed by atoms with Crippen molar-refractivity contribution in [2.45, 2.75) is 51.2 Å². The summed E-state index contributed by atoms with van der Waals surface area (Å²) >= 11 is 6.23. The second kappa shape index (κ2) is 21.0. The third-order valence-electron chi connectivity index (χ3n) is 9.27. The highest BCUT2D eigenvalue weighted by atomic mass is 35.5. The van der Waals surface area contributed by atoms with E-state index in [0.717, 1.165) is 22.6 Å². The molecule has 1 aliphatic carbocycles. The number of piperazine rings is 1. The molecule has 4 rings (SSSR count). The van der Waals surface area contributed by atoms with Gasteiger partial charge in [0.2, 0.25) is 11.8 Å². The van der Waals surface area contributed by atoms with Crippen LogP contribution in [0.25, 0.3) is 0 Å². The van der Waals surface area contributed by atoms with Gasteiger partial charge in [-0.3, -0.25) is 14.5 Å². The zero-order valence-electron chi connectivity index (χ0n) is 29.8. The van der Waals surface area contributed by atoms with Crippen molar-refractivity contribution in [3.8, 4) is 0 Å². The number of hydrogen-bond acceptors (Lipinski definition) is 11. The molecule has 1 saturated heterocycles. The number of aliphatic hydroxyl groups is 1. The van der Waals surface area contributed by atoms with Gasteiger partial charge in [0.05, 0.1) is 50.8 Å². The molecule has 0 saturated carbocycles. The average molecular weight is 741 g/mol. The summed E-state index contributed by atoms with van der Waals surface area (Å²) in [6, 6.07) is 7.66. The van der Waals surface area contributed by atoms with Crippen molar-refractivity contribution in [2.75, 3.05) is 104 Å². The van der Waals surface area contributed by atoms with E-state index in [9.17, 15) is 14.7 Å². The first kappa shape index (κ1) is 41.8. The summed E-state index contributed by atoms with van der Waals surface area (Å²) in [5.74, 6) is 0.584. The molecule has 15 heteroatoms. The molecule has 1 aliphatic heterocycles. The summed E-state index contributed by atoms with van der Waals surface area (Å²) in [7, 11) is 1.77. The van der Waals surface area contributed by atoms with E-state index in [0.29, 0.717) is 96.8 Å². The van der Waals surface area contributed by atoms with E-state index in [2.05, 4.69) is 40.5 Å². The molecule has 1 aromatic heterocycles. The Hall–Kier alpha value is -2.62. The van der Waals surface area contributed by atoms with Crippen molar-refractivity contribution in [1.29, 1.82) is 0 Å². The summed E-state index contributed by atoms with van der Waals surface area (Å²) in [5.41, 5.74) is 8.03. The minimum atomic E-state index is -0.562.